The van der Waals surface area contributed by atoms with Crippen LogP contribution in [0, 0.1) is 5.41 Å². The Morgan fingerprint density at radius 3 is 2.40 bits per heavy atom. The number of aliphatic imine (C=N–C) groups is 1. The molecule has 0 amide bonds. The molecule has 2 saturated heterocycles. The van der Waals surface area contributed by atoms with Crippen LogP contribution in [0.2, 0.25) is 0 Å². The first-order valence-corrected chi connectivity index (χ1v) is 10.1. The van der Waals surface area contributed by atoms with Crippen LogP contribution in [0.4, 0.5) is 0 Å². The number of piperazine rings is 1. The molecule has 3 fully saturated rings. The molecule has 146 valence electrons. The third kappa shape index (κ3) is 5.96. The van der Waals surface area contributed by atoms with Gasteiger partial charge in [-0.25, -0.2) is 0 Å². The molecule has 25 heavy (non-hydrogen) atoms. The average molecular weight is 463 g/mol. The number of likely N-dealkylation sites (tertiary alicyclic amines) is 1. The Hall–Kier alpha value is -0.0800. The van der Waals surface area contributed by atoms with E-state index >= 15 is 0 Å². The van der Waals surface area contributed by atoms with Crippen molar-refractivity contribution < 1.29 is 0 Å². The van der Waals surface area contributed by atoms with Crippen LogP contribution in [0.1, 0.15) is 45.4 Å². The Bertz CT molecular complexity index is 416. The van der Waals surface area contributed by atoms with Gasteiger partial charge in [0.15, 0.2) is 5.96 Å². The molecule has 0 aromatic carbocycles. The lowest BCUT2D eigenvalue weighted by atomic mass is 9.68. The van der Waals surface area contributed by atoms with Gasteiger partial charge < -0.3 is 20.0 Å². The summed E-state index contributed by atoms with van der Waals surface area (Å²) in [4.78, 5) is 12.5. The first-order valence-electron chi connectivity index (χ1n) is 10.1. The van der Waals surface area contributed by atoms with Crippen molar-refractivity contribution in [3.8, 4) is 0 Å². The van der Waals surface area contributed by atoms with Gasteiger partial charge in [0.25, 0.3) is 0 Å². The second kappa shape index (κ2) is 10.3. The first kappa shape index (κ1) is 21.2. The third-order valence-corrected chi connectivity index (χ3v) is 6.23. The number of unbranched alkanes of at least 4 members (excludes halogenated alkanes) is 1. The van der Waals surface area contributed by atoms with Crippen molar-refractivity contribution in [2.75, 3.05) is 66.0 Å². The van der Waals surface area contributed by atoms with E-state index in [1.807, 2.05) is 0 Å². The van der Waals surface area contributed by atoms with Gasteiger partial charge in [-0.05, 0) is 58.0 Å². The zero-order valence-corrected chi connectivity index (χ0v) is 18.6. The fourth-order valence-electron chi connectivity index (χ4n) is 4.33. The van der Waals surface area contributed by atoms with Gasteiger partial charge in [0.1, 0.15) is 0 Å². The van der Waals surface area contributed by atoms with Crippen LogP contribution >= 0.6 is 24.0 Å². The minimum absolute atomic E-state index is 0. The highest BCUT2D eigenvalue weighted by Crippen LogP contribution is 2.47. The maximum Gasteiger partial charge on any atom is 0.193 e. The smallest absolute Gasteiger partial charge is 0.193 e. The number of hydrogen-bond acceptors (Lipinski definition) is 3. The zero-order valence-electron chi connectivity index (χ0n) is 16.3. The molecular weight excluding hydrogens is 425 g/mol. The van der Waals surface area contributed by atoms with E-state index in [1.165, 1.54) is 90.3 Å². The van der Waals surface area contributed by atoms with Gasteiger partial charge in [-0.3, -0.25) is 4.99 Å². The van der Waals surface area contributed by atoms with Crippen LogP contribution in [0.25, 0.3) is 0 Å². The Morgan fingerprint density at radius 1 is 1.04 bits per heavy atom. The second-order valence-corrected chi connectivity index (χ2v) is 8.11. The molecule has 3 rings (SSSR count). The predicted octanol–water partition coefficient (Wildman–Crippen LogP) is 2.47. The molecule has 1 N–H and O–H groups in total. The predicted molar refractivity (Wildman–Crippen MR) is 117 cm³/mol. The van der Waals surface area contributed by atoms with Gasteiger partial charge in [0, 0.05) is 52.4 Å². The van der Waals surface area contributed by atoms with E-state index in [0.717, 1.165) is 13.1 Å². The minimum atomic E-state index is 0. The molecule has 0 aromatic rings. The van der Waals surface area contributed by atoms with Crippen LogP contribution < -0.4 is 5.32 Å². The molecule has 0 unspecified atom stereocenters. The summed E-state index contributed by atoms with van der Waals surface area (Å²) in [6, 6.07) is 0. The van der Waals surface area contributed by atoms with Gasteiger partial charge in [0.2, 0.25) is 0 Å². The summed E-state index contributed by atoms with van der Waals surface area (Å²) in [6.45, 7) is 12.7. The van der Waals surface area contributed by atoms with Crippen LogP contribution in [-0.4, -0.2) is 86.6 Å². The second-order valence-electron chi connectivity index (χ2n) is 8.11. The van der Waals surface area contributed by atoms with Gasteiger partial charge in [-0.15, -0.1) is 24.0 Å². The van der Waals surface area contributed by atoms with Crippen molar-refractivity contribution in [3.05, 3.63) is 0 Å². The standard InChI is InChI=1S/C19H37N5.HI/c1-3-20-18(24-12-9-19(17-24)7-6-8-19)21-10-4-5-11-23-15-13-22(2)14-16-23;/h3-17H2,1-2H3,(H,20,21);1H. The summed E-state index contributed by atoms with van der Waals surface area (Å²) in [5, 5.41) is 3.52. The molecular formula is C19H38IN5. The van der Waals surface area contributed by atoms with Crippen LogP contribution in [0.3, 0.4) is 0 Å². The lowest BCUT2D eigenvalue weighted by Gasteiger charge is -2.38. The summed E-state index contributed by atoms with van der Waals surface area (Å²) in [5.74, 6) is 1.17. The topological polar surface area (TPSA) is 34.1 Å². The van der Waals surface area contributed by atoms with Gasteiger partial charge in [0.05, 0.1) is 0 Å². The van der Waals surface area contributed by atoms with Crippen molar-refractivity contribution in [3.63, 3.8) is 0 Å². The first-order chi connectivity index (χ1) is 11.7. The lowest BCUT2D eigenvalue weighted by molar-refractivity contribution is 0.151. The van der Waals surface area contributed by atoms with E-state index < -0.39 is 0 Å². The summed E-state index contributed by atoms with van der Waals surface area (Å²) in [5.41, 5.74) is 0.650. The van der Waals surface area contributed by atoms with Gasteiger partial charge in [-0.2, -0.15) is 0 Å². The van der Waals surface area contributed by atoms with E-state index in [2.05, 4.69) is 34.0 Å². The summed E-state index contributed by atoms with van der Waals surface area (Å²) in [7, 11) is 2.22. The van der Waals surface area contributed by atoms with E-state index in [4.69, 9.17) is 4.99 Å². The molecule has 1 aliphatic carbocycles. The number of halogens is 1. The lowest BCUT2D eigenvalue weighted by Crippen LogP contribution is -2.44. The Labute approximate surface area is 171 Å². The molecule has 5 nitrogen and oxygen atoms in total. The quantitative estimate of drug-likeness (QED) is 0.284. The highest BCUT2D eigenvalue weighted by molar-refractivity contribution is 14.0. The largest absolute Gasteiger partial charge is 0.357 e. The monoisotopic (exact) mass is 463 g/mol. The van der Waals surface area contributed by atoms with E-state index in [-0.39, 0.29) is 24.0 Å². The number of likely N-dealkylation sites (N-methyl/N-ethyl adjacent to an activating group) is 1. The highest BCUT2D eigenvalue weighted by Gasteiger charge is 2.43. The van der Waals surface area contributed by atoms with Gasteiger partial charge >= 0.3 is 0 Å². The van der Waals surface area contributed by atoms with Crippen molar-refractivity contribution in [2.45, 2.75) is 45.4 Å². The van der Waals surface area contributed by atoms with Crippen molar-refractivity contribution in [2.24, 2.45) is 10.4 Å². The van der Waals surface area contributed by atoms with Crippen molar-refractivity contribution >= 4 is 29.9 Å². The SMILES string of the molecule is CCNC(=NCCCCN1CCN(C)CC1)N1CCC2(CCC2)C1.I. The number of nitrogens with zero attached hydrogens (tertiary/aromatic N) is 4. The maximum absolute atomic E-state index is 4.92. The molecule has 6 heteroatoms. The number of hydrogen-bond donors (Lipinski definition) is 1. The minimum Gasteiger partial charge on any atom is -0.357 e. The summed E-state index contributed by atoms with van der Waals surface area (Å²) >= 11 is 0. The summed E-state index contributed by atoms with van der Waals surface area (Å²) < 4.78 is 0. The summed E-state index contributed by atoms with van der Waals surface area (Å²) in [6.07, 6.45) is 8.17. The Morgan fingerprint density at radius 2 is 1.80 bits per heavy atom. The van der Waals surface area contributed by atoms with Crippen LogP contribution in [-0.2, 0) is 0 Å². The van der Waals surface area contributed by atoms with E-state index in [0.29, 0.717) is 5.41 Å². The fraction of sp³-hybridized carbons (Fsp3) is 0.947. The molecule has 2 heterocycles. The third-order valence-electron chi connectivity index (χ3n) is 6.23. The molecule has 0 aromatic heterocycles. The Balaban J connectivity index is 0.00000225. The van der Waals surface area contributed by atoms with Crippen LogP contribution in [0.5, 0.6) is 0 Å². The molecule has 0 atom stereocenters. The molecule has 1 saturated carbocycles. The average Bonchev–Trinajstić information content (AvgIpc) is 3.01. The highest BCUT2D eigenvalue weighted by atomic mass is 127. The number of rotatable bonds is 6. The van der Waals surface area contributed by atoms with Crippen molar-refractivity contribution in [1.82, 2.24) is 20.0 Å². The normalized spacial score (nSPS) is 24.2. The zero-order chi connectivity index (χ0) is 16.8. The molecule has 3 aliphatic rings. The van der Waals surface area contributed by atoms with Gasteiger partial charge in [-0.1, -0.05) is 6.42 Å². The molecule has 0 radical (unpaired) electrons. The molecule has 0 bridgehead atoms. The van der Waals surface area contributed by atoms with E-state index in [9.17, 15) is 0 Å². The fourth-order valence-corrected chi connectivity index (χ4v) is 4.33. The number of nitrogens with one attached hydrogen (secondary N) is 1. The molecule has 2 aliphatic heterocycles. The van der Waals surface area contributed by atoms with E-state index in [1.54, 1.807) is 0 Å². The van der Waals surface area contributed by atoms with Crippen LogP contribution in [0.15, 0.2) is 4.99 Å². The maximum atomic E-state index is 4.92. The Kier molecular flexibility index (Phi) is 8.75. The van der Waals surface area contributed by atoms with Crippen molar-refractivity contribution in [1.29, 1.82) is 0 Å². The molecule has 1 spiro atoms. The number of guanidine groups is 1.